The van der Waals surface area contributed by atoms with Crippen LogP contribution in [0.25, 0.3) is 22.0 Å². The molecule has 0 aliphatic carbocycles. The molecule has 2 aliphatic rings. The van der Waals surface area contributed by atoms with Gasteiger partial charge in [-0.3, -0.25) is 48.8 Å². The van der Waals surface area contributed by atoms with Crippen LogP contribution in [-0.4, -0.2) is 84.0 Å². The van der Waals surface area contributed by atoms with Crippen LogP contribution in [0.1, 0.15) is 67.1 Å². The van der Waals surface area contributed by atoms with E-state index in [1.165, 1.54) is 6.07 Å². The third kappa shape index (κ3) is 8.23. The van der Waals surface area contributed by atoms with Crippen molar-refractivity contribution in [3.05, 3.63) is 119 Å². The molecule has 294 valence electrons. The molecule has 5 aromatic rings. The molecule has 0 saturated carbocycles. The van der Waals surface area contributed by atoms with Gasteiger partial charge in [0.15, 0.2) is 0 Å². The number of benzene rings is 4. The van der Waals surface area contributed by atoms with Gasteiger partial charge in [-0.15, -0.1) is 0 Å². The van der Waals surface area contributed by atoms with Crippen molar-refractivity contribution in [1.29, 1.82) is 0 Å². The summed E-state index contributed by atoms with van der Waals surface area (Å²) in [5.41, 5.74) is 5.33. The lowest BCUT2D eigenvalue weighted by Gasteiger charge is -2.27. The minimum atomic E-state index is -1.09. The Morgan fingerprint density at radius 1 is 0.810 bits per heavy atom. The second-order valence-electron chi connectivity index (χ2n) is 13.8. The molecular formula is C43H40N8O7. The number of carbonyl (C=O) groups excluding carboxylic acids is 7. The maximum atomic E-state index is 13.3. The lowest BCUT2D eigenvalue weighted by atomic mass is 9.99. The largest absolute Gasteiger partial charge is 0.375 e. The summed E-state index contributed by atoms with van der Waals surface area (Å²) < 4.78 is 0. The number of nitrogens with one attached hydrogen (secondary N) is 6. The van der Waals surface area contributed by atoms with E-state index in [0.29, 0.717) is 42.7 Å². The number of nitrogens with zero attached hydrogens (tertiary/aromatic N) is 2. The van der Waals surface area contributed by atoms with Gasteiger partial charge in [-0.05, 0) is 78.9 Å². The molecule has 1 fully saturated rings. The van der Waals surface area contributed by atoms with Gasteiger partial charge in [-0.25, -0.2) is 0 Å². The molecule has 1 atom stereocenters. The summed E-state index contributed by atoms with van der Waals surface area (Å²) in [6, 6.07) is 26.2. The number of amides is 7. The molecule has 7 rings (SSSR count). The van der Waals surface area contributed by atoms with Gasteiger partial charge >= 0.3 is 0 Å². The monoisotopic (exact) mass is 780 g/mol. The summed E-state index contributed by atoms with van der Waals surface area (Å²) in [5.74, 6) is -3.27. The molecule has 58 heavy (non-hydrogen) atoms. The van der Waals surface area contributed by atoms with E-state index in [9.17, 15) is 33.6 Å². The third-order valence-electron chi connectivity index (χ3n) is 9.98. The highest BCUT2D eigenvalue weighted by atomic mass is 16.2. The molecule has 1 aromatic heterocycles. The molecule has 7 amide bonds. The van der Waals surface area contributed by atoms with E-state index in [4.69, 9.17) is 0 Å². The Balaban J connectivity index is 0.879. The Morgan fingerprint density at radius 2 is 1.55 bits per heavy atom. The van der Waals surface area contributed by atoms with Gasteiger partial charge in [0, 0.05) is 55.1 Å². The first kappa shape index (κ1) is 38.8. The first-order valence-electron chi connectivity index (χ1n) is 18.8. The highest BCUT2D eigenvalue weighted by molar-refractivity contribution is 6.25. The number of piperidine rings is 1. The van der Waals surface area contributed by atoms with Gasteiger partial charge in [-0.2, -0.15) is 0 Å². The zero-order valence-corrected chi connectivity index (χ0v) is 31.5. The number of hydrogen-bond acceptors (Lipinski definition) is 10. The van der Waals surface area contributed by atoms with Crippen molar-refractivity contribution in [2.45, 2.75) is 31.7 Å². The zero-order valence-electron chi connectivity index (χ0n) is 31.5. The first-order chi connectivity index (χ1) is 28.1. The second-order valence-corrected chi connectivity index (χ2v) is 13.8. The molecule has 0 bridgehead atoms. The van der Waals surface area contributed by atoms with E-state index >= 15 is 0 Å². The normalized spacial score (nSPS) is 14.8. The number of hydrogen-bond donors (Lipinski definition) is 6. The summed E-state index contributed by atoms with van der Waals surface area (Å²) >= 11 is 0. The summed E-state index contributed by atoms with van der Waals surface area (Å²) in [7, 11) is 1.58. The van der Waals surface area contributed by atoms with Crippen LogP contribution in [-0.2, 0) is 14.4 Å². The van der Waals surface area contributed by atoms with Crippen molar-refractivity contribution >= 4 is 69.3 Å². The Hall–Kier alpha value is -7.42. The summed E-state index contributed by atoms with van der Waals surface area (Å²) in [5, 5.41) is 17.6. The lowest BCUT2D eigenvalue weighted by molar-refractivity contribution is -0.136. The molecule has 1 unspecified atom stereocenters. The molecule has 0 radical (unpaired) electrons. The van der Waals surface area contributed by atoms with Crippen molar-refractivity contribution in [3.63, 3.8) is 0 Å². The van der Waals surface area contributed by atoms with Crippen LogP contribution in [0.4, 0.5) is 17.1 Å². The molecular weight excluding hydrogens is 741 g/mol. The number of aromatic nitrogens is 1. The number of fused-ring (bicyclic) bond motifs is 2. The number of para-hydroxylation sites is 1. The van der Waals surface area contributed by atoms with Crippen LogP contribution < -0.4 is 31.9 Å². The standard InChI is InChI=1S/C43H40N8O7/c1-44-40(55)31-23-47-32-17-16-27(22-30(32)38(31)49-28-8-3-2-4-9-28)25-12-14-26(15-13-25)39(54)46-21-6-5-20-45-36(53)24-48-33-11-7-10-29-37(33)43(58)51(42(29)57)34-18-19-35(52)50-41(34)56/h2-4,7-17,22-23,34,48H,5-6,18-21,24H2,1H3,(H,44,55)(H,45,53)(H,46,54)(H,47,49)(H,50,52,56). The summed E-state index contributed by atoms with van der Waals surface area (Å²) in [4.78, 5) is 94.0. The number of rotatable bonds is 14. The van der Waals surface area contributed by atoms with E-state index in [1.54, 1.807) is 37.5 Å². The van der Waals surface area contributed by atoms with Gasteiger partial charge in [0.1, 0.15) is 6.04 Å². The van der Waals surface area contributed by atoms with Crippen molar-refractivity contribution in [1.82, 2.24) is 31.2 Å². The lowest BCUT2D eigenvalue weighted by Crippen LogP contribution is -2.54. The van der Waals surface area contributed by atoms with Gasteiger partial charge in [-0.1, -0.05) is 42.5 Å². The quantitative estimate of drug-likeness (QED) is 0.0701. The average molecular weight is 781 g/mol. The van der Waals surface area contributed by atoms with E-state index in [0.717, 1.165) is 32.6 Å². The smallest absolute Gasteiger partial charge is 0.264 e. The van der Waals surface area contributed by atoms with Crippen LogP contribution in [0.5, 0.6) is 0 Å². The third-order valence-corrected chi connectivity index (χ3v) is 9.98. The van der Waals surface area contributed by atoms with E-state index < -0.39 is 29.7 Å². The van der Waals surface area contributed by atoms with Gasteiger partial charge in [0.05, 0.1) is 34.4 Å². The molecule has 3 heterocycles. The van der Waals surface area contributed by atoms with Crippen molar-refractivity contribution in [2.24, 2.45) is 0 Å². The topological polar surface area (TPSA) is 208 Å². The molecule has 1 saturated heterocycles. The maximum absolute atomic E-state index is 13.3. The van der Waals surface area contributed by atoms with E-state index in [1.807, 2.05) is 60.7 Å². The number of anilines is 3. The van der Waals surface area contributed by atoms with Gasteiger partial charge < -0.3 is 26.6 Å². The van der Waals surface area contributed by atoms with Crippen molar-refractivity contribution < 1.29 is 33.6 Å². The predicted octanol–water partition coefficient (Wildman–Crippen LogP) is 4.14. The Kier molecular flexibility index (Phi) is 11.5. The van der Waals surface area contributed by atoms with Crippen molar-refractivity contribution in [2.75, 3.05) is 37.3 Å². The highest BCUT2D eigenvalue weighted by Gasteiger charge is 2.45. The van der Waals surface area contributed by atoms with Gasteiger partial charge in [0.2, 0.25) is 17.7 Å². The highest BCUT2D eigenvalue weighted by Crippen LogP contribution is 2.34. The maximum Gasteiger partial charge on any atom is 0.264 e. The van der Waals surface area contributed by atoms with Crippen LogP contribution >= 0.6 is 0 Å². The van der Waals surface area contributed by atoms with E-state index in [2.05, 4.69) is 36.9 Å². The van der Waals surface area contributed by atoms with Crippen LogP contribution in [0.15, 0.2) is 97.2 Å². The minimum Gasteiger partial charge on any atom is -0.375 e. The van der Waals surface area contributed by atoms with Gasteiger partial charge in [0.25, 0.3) is 23.6 Å². The Labute approximate surface area is 333 Å². The Morgan fingerprint density at radius 3 is 2.29 bits per heavy atom. The number of unbranched alkanes of at least 4 members (excludes halogenated alkanes) is 1. The molecule has 15 nitrogen and oxygen atoms in total. The zero-order chi connectivity index (χ0) is 40.8. The number of carbonyl (C=O) groups is 7. The Bertz CT molecular complexity index is 2450. The van der Waals surface area contributed by atoms with Crippen molar-refractivity contribution in [3.8, 4) is 11.1 Å². The summed E-state index contributed by atoms with van der Waals surface area (Å²) in [6.45, 7) is 0.586. The summed E-state index contributed by atoms with van der Waals surface area (Å²) in [6.07, 6.45) is 2.83. The minimum absolute atomic E-state index is 0.0160. The molecule has 0 spiro atoms. The molecule has 2 aliphatic heterocycles. The number of imide groups is 2. The molecule has 6 N–H and O–H groups in total. The van der Waals surface area contributed by atoms with E-state index in [-0.39, 0.29) is 53.9 Å². The molecule has 15 heteroatoms. The average Bonchev–Trinajstić information content (AvgIpc) is 3.50. The fourth-order valence-corrected chi connectivity index (χ4v) is 6.98. The van der Waals surface area contributed by atoms with Crippen LogP contribution in [0.2, 0.25) is 0 Å². The second kappa shape index (κ2) is 17.2. The first-order valence-corrected chi connectivity index (χ1v) is 18.8. The fraction of sp³-hybridized carbons (Fsp3) is 0.209. The SMILES string of the molecule is CNC(=O)c1cnc2ccc(-c3ccc(C(=O)NCCCCNC(=O)CNc4cccc5c4C(=O)N(C4CCC(=O)NC4=O)C5=O)cc3)cc2c1Nc1ccccc1. The van der Waals surface area contributed by atoms with Crippen LogP contribution in [0.3, 0.4) is 0 Å². The molecule has 4 aromatic carbocycles. The fourth-order valence-electron chi connectivity index (χ4n) is 6.98. The number of pyridine rings is 1. The predicted molar refractivity (Wildman–Crippen MR) is 216 cm³/mol. The van der Waals surface area contributed by atoms with Crippen LogP contribution in [0, 0.1) is 0 Å².